The number of hydrogen-bond acceptors (Lipinski definition) is 5. The van der Waals surface area contributed by atoms with Gasteiger partial charge in [-0.2, -0.15) is 0 Å². The van der Waals surface area contributed by atoms with Crippen LogP contribution in [0.25, 0.3) is 0 Å². The number of carbonyl (C=O) groups is 2. The molecule has 1 aromatic rings. The predicted molar refractivity (Wildman–Crippen MR) is 90.3 cm³/mol. The summed E-state index contributed by atoms with van der Waals surface area (Å²) >= 11 is 0. The van der Waals surface area contributed by atoms with Gasteiger partial charge in [-0.1, -0.05) is 13.3 Å². The van der Waals surface area contributed by atoms with Crippen molar-refractivity contribution in [1.29, 1.82) is 0 Å². The Bertz CT molecular complexity index is 572. The molecular formula is C17H25N5O2. The molecule has 24 heavy (non-hydrogen) atoms. The number of nitrogens with one attached hydrogen (secondary N) is 1. The standard InChI is InChI=1S/C17H25N5O2/c1-2-3-5-18-15(23)13-12-14(13)16(24)21-8-10-22(11-9-21)17-19-6-4-7-20-17/h4,6-7,13-14H,2-3,5,8-12H2,1H3,(H,18,23). The Labute approximate surface area is 142 Å². The van der Waals surface area contributed by atoms with E-state index in [4.69, 9.17) is 0 Å². The minimum absolute atomic E-state index is 0.0399. The van der Waals surface area contributed by atoms with E-state index in [-0.39, 0.29) is 23.7 Å². The summed E-state index contributed by atoms with van der Waals surface area (Å²) in [4.78, 5) is 37.0. The van der Waals surface area contributed by atoms with E-state index in [0.29, 0.717) is 32.0 Å². The lowest BCUT2D eigenvalue weighted by Gasteiger charge is -2.34. The predicted octanol–water partition coefficient (Wildman–Crippen LogP) is 0.678. The van der Waals surface area contributed by atoms with Crippen molar-refractivity contribution in [3.05, 3.63) is 18.5 Å². The molecular weight excluding hydrogens is 306 g/mol. The van der Waals surface area contributed by atoms with Crippen molar-refractivity contribution < 1.29 is 9.59 Å². The van der Waals surface area contributed by atoms with Crippen LogP contribution < -0.4 is 10.2 Å². The molecule has 1 saturated heterocycles. The number of rotatable bonds is 6. The van der Waals surface area contributed by atoms with Gasteiger partial charge in [0.05, 0.1) is 11.8 Å². The number of unbranched alkanes of at least 4 members (excludes halogenated alkanes) is 1. The fourth-order valence-corrected chi connectivity index (χ4v) is 3.09. The van der Waals surface area contributed by atoms with Crippen LogP contribution in [0, 0.1) is 11.8 Å². The summed E-state index contributed by atoms with van der Waals surface area (Å²) in [5.41, 5.74) is 0. The summed E-state index contributed by atoms with van der Waals surface area (Å²) in [7, 11) is 0. The molecule has 2 fully saturated rings. The van der Waals surface area contributed by atoms with Crippen molar-refractivity contribution in [1.82, 2.24) is 20.2 Å². The molecule has 2 unspecified atom stereocenters. The molecule has 1 N–H and O–H groups in total. The van der Waals surface area contributed by atoms with E-state index in [1.807, 2.05) is 4.90 Å². The molecule has 0 radical (unpaired) electrons. The third-order valence-electron chi connectivity index (χ3n) is 4.70. The fraction of sp³-hybridized carbons (Fsp3) is 0.647. The monoisotopic (exact) mass is 331 g/mol. The van der Waals surface area contributed by atoms with Crippen LogP contribution in [-0.4, -0.2) is 59.4 Å². The molecule has 0 bridgehead atoms. The van der Waals surface area contributed by atoms with Crippen molar-refractivity contribution in [3.8, 4) is 0 Å². The molecule has 1 aromatic heterocycles. The average Bonchev–Trinajstić information content (AvgIpc) is 3.43. The third-order valence-corrected chi connectivity index (χ3v) is 4.70. The van der Waals surface area contributed by atoms with Crippen LogP contribution in [0.1, 0.15) is 26.2 Å². The largest absolute Gasteiger partial charge is 0.356 e. The van der Waals surface area contributed by atoms with E-state index in [0.717, 1.165) is 25.9 Å². The van der Waals surface area contributed by atoms with E-state index < -0.39 is 0 Å². The number of hydrogen-bond donors (Lipinski definition) is 1. The zero-order chi connectivity index (χ0) is 16.9. The van der Waals surface area contributed by atoms with E-state index in [1.165, 1.54) is 0 Å². The SMILES string of the molecule is CCCCNC(=O)C1CC1C(=O)N1CCN(c2ncccn2)CC1. The lowest BCUT2D eigenvalue weighted by Crippen LogP contribution is -2.50. The molecule has 7 nitrogen and oxygen atoms in total. The van der Waals surface area contributed by atoms with Gasteiger partial charge in [0.15, 0.2) is 0 Å². The minimum atomic E-state index is -0.121. The average molecular weight is 331 g/mol. The molecule has 1 saturated carbocycles. The molecule has 1 aliphatic heterocycles. The lowest BCUT2D eigenvalue weighted by molar-refractivity contribution is -0.135. The van der Waals surface area contributed by atoms with Crippen LogP contribution in [0.15, 0.2) is 18.5 Å². The van der Waals surface area contributed by atoms with Crippen molar-refractivity contribution in [2.45, 2.75) is 26.2 Å². The topological polar surface area (TPSA) is 78.4 Å². The van der Waals surface area contributed by atoms with Crippen LogP contribution in [-0.2, 0) is 9.59 Å². The molecule has 2 atom stereocenters. The highest BCUT2D eigenvalue weighted by molar-refractivity contribution is 5.92. The zero-order valence-electron chi connectivity index (χ0n) is 14.1. The first-order chi connectivity index (χ1) is 11.7. The van der Waals surface area contributed by atoms with Crippen LogP contribution in [0.2, 0.25) is 0 Å². The van der Waals surface area contributed by atoms with Crippen LogP contribution in [0.4, 0.5) is 5.95 Å². The Hall–Kier alpha value is -2.18. The van der Waals surface area contributed by atoms with Gasteiger partial charge < -0.3 is 15.1 Å². The van der Waals surface area contributed by atoms with E-state index >= 15 is 0 Å². The van der Waals surface area contributed by atoms with Gasteiger partial charge in [0, 0.05) is 45.1 Å². The highest BCUT2D eigenvalue weighted by Gasteiger charge is 2.49. The number of nitrogens with zero attached hydrogens (tertiary/aromatic N) is 4. The van der Waals surface area contributed by atoms with Gasteiger partial charge in [0.2, 0.25) is 17.8 Å². The first-order valence-electron chi connectivity index (χ1n) is 8.79. The van der Waals surface area contributed by atoms with Gasteiger partial charge in [0.1, 0.15) is 0 Å². The maximum absolute atomic E-state index is 12.5. The molecule has 0 spiro atoms. The van der Waals surface area contributed by atoms with Gasteiger partial charge in [-0.25, -0.2) is 9.97 Å². The zero-order valence-corrected chi connectivity index (χ0v) is 14.1. The van der Waals surface area contributed by atoms with Crippen molar-refractivity contribution in [2.75, 3.05) is 37.6 Å². The Morgan fingerprint density at radius 3 is 2.54 bits per heavy atom. The molecule has 1 aliphatic carbocycles. The highest BCUT2D eigenvalue weighted by Crippen LogP contribution is 2.40. The van der Waals surface area contributed by atoms with Gasteiger partial charge in [-0.15, -0.1) is 0 Å². The molecule has 2 amide bonds. The fourth-order valence-electron chi connectivity index (χ4n) is 3.09. The van der Waals surface area contributed by atoms with Crippen molar-refractivity contribution in [3.63, 3.8) is 0 Å². The molecule has 7 heteroatoms. The Balaban J connectivity index is 1.44. The molecule has 0 aromatic carbocycles. The summed E-state index contributed by atoms with van der Waals surface area (Å²) in [5, 5.41) is 2.93. The van der Waals surface area contributed by atoms with Gasteiger partial charge in [0.25, 0.3) is 0 Å². The van der Waals surface area contributed by atoms with Crippen LogP contribution >= 0.6 is 0 Å². The van der Waals surface area contributed by atoms with Gasteiger partial charge >= 0.3 is 0 Å². The summed E-state index contributed by atoms with van der Waals surface area (Å²) in [6.07, 6.45) is 6.19. The summed E-state index contributed by atoms with van der Waals surface area (Å²) in [6.45, 7) is 5.60. The van der Waals surface area contributed by atoms with Crippen molar-refractivity contribution >= 4 is 17.8 Å². The number of carbonyl (C=O) groups excluding carboxylic acids is 2. The highest BCUT2D eigenvalue weighted by atomic mass is 16.2. The molecule has 130 valence electrons. The third kappa shape index (κ3) is 3.83. The van der Waals surface area contributed by atoms with E-state index in [9.17, 15) is 9.59 Å². The minimum Gasteiger partial charge on any atom is -0.356 e. The Morgan fingerprint density at radius 2 is 1.88 bits per heavy atom. The molecule has 3 rings (SSSR count). The Morgan fingerprint density at radius 1 is 1.17 bits per heavy atom. The lowest BCUT2D eigenvalue weighted by atomic mass is 10.2. The number of amides is 2. The summed E-state index contributed by atoms with van der Waals surface area (Å²) in [5.74, 6) is 0.637. The normalized spacial score (nSPS) is 23.0. The van der Waals surface area contributed by atoms with Gasteiger partial charge in [-0.05, 0) is 18.9 Å². The van der Waals surface area contributed by atoms with Crippen molar-refractivity contribution in [2.24, 2.45) is 11.8 Å². The van der Waals surface area contributed by atoms with E-state index in [1.54, 1.807) is 18.5 Å². The van der Waals surface area contributed by atoms with E-state index in [2.05, 4.69) is 27.1 Å². The second-order valence-electron chi connectivity index (χ2n) is 6.45. The van der Waals surface area contributed by atoms with Gasteiger partial charge in [-0.3, -0.25) is 9.59 Å². The Kier molecular flexibility index (Phi) is 5.27. The smallest absolute Gasteiger partial charge is 0.226 e. The quantitative estimate of drug-likeness (QED) is 0.776. The van der Waals surface area contributed by atoms with Crippen LogP contribution in [0.3, 0.4) is 0 Å². The molecule has 2 heterocycles. The number of piperazine rings is 1. The number of anilines is 1. The first kappa shape index (κ1) is 16.7. The maximum Gasteiger partial charge on any atom is 0.226 e. The van der Waals surface area contributed by atoms with Crippen LogP contribution in [0.5, 0.6) is 0 Å². The first-order valence-corrected chi connectivity index (χ1v) is 8.79. The second kappa shape index (κ2) is 7.59. The number of aromatic nitrogens is 2. The summed E-state index contributed by atoms with van der Waals surface area (Å²) in [6, 6.07) is 1.79. The summed E-state index contributed by atoms with van der Waals surface area (Å²) < 4.78 is 0. The maximum atomic E-state index is 12.5. The molecule has 2 aliphatic rings. The second-order valence-corrected chi connectivity index (χ2v) is 6.45.